The second kappa shape index (κ2) is 4.77. The molecule has 0 saturated carbocycles. The molecule has 0 bridgehead atoms. The largest absolute Gasteiger partial charge is 0.389 e. The first-order chi connectivity index (χ1) is 7.46. The SMILES string of the molecule is CC(C)(O)CNC1CCCc2sc(Br)cc21. The van der Waals surface area contributed by atoms with E-state index in [0.717, 1.165) is 0 Å². The van der Waals surface area contributed by atoms with Crippen LogP contribution in [-0.4, -0.2) is 17.3 Å². The van der Waals surface area contributed by atoms with E-state index in [1.54, 1.807) is 0 Å². The number of thiophene rings is 1. The summed E-state index contributed by atoms with van der Waals surface area (Å²) >= 11 is 5.39. The van der Waals surface area contributed by atoms with Gasteiger partial charge in [0.25, 0.3) is 0 Å². The van der Waals surface area contributed by atoms with Crippen LogP contribution in [0, 0.1) is 0 Å². The molecule has 0 aliphatic heterocycles. The number of rotatable bonds is 3. The number of aliphatic hydroxyl groups is 1. The molecule has 2 nitrogen and oxygen atoms in total. The molecule has 90 valence electrons. The van der Waals surface area contributed by atoms with Gasteiger partial charge >= 0.3 is 0 Å². The van der Waals surface area contributed by atoms with Crippen molar-refractivity contribution >= 4 is 27.3 Å². The third-order valence-corrected chi connectivity index (χ3v) is 4.58. The van der Waals surface area contributed by atoms with Crippen molar-refractivity contribution in [2.45, 2.75) is 44.8 Å². The summed E-state index contributed by atoms with van der Waals surface area (Å²) in [5.74, 6) is 0. The van der Waals surface area contributed by atoms with Crippen LogP contribution in [0.25, 0.3) is 0 Å². The highest BCUT2D eigenvalue weighted by Crippen LogP contribution is 2.37. The minimum atomic E-state index is -0.634. The summed E-state index contributed by atoms with van der Waals surface area (Å²) in [6, 6.07) is 2.64. The zero-order valence-corrected chi connectivity index (χ0v) is 12.1. The van der Waals surface area contributed by atoms with Crippen LogP contribution < -0.4 is 5.32 Å². The molecule has 2 N–H and O–H groups in total. The van der Waals surface area contributed by atoms with Crippen molar-refractivity contribution in [1.82, 2.24) is 5.32 Å². The number of hydrogen-bond donors (Lipinski definition) is 2. The Morgan fingerprint density at radius 1 is 1.62 bits per heavy atom. The van der Waals surface area contributed by atoms with E-state index < -0.39 is 5.60 Å². The van der Waals surface area contributed by atoms with Gasteiger partial charge in [0.1, 0.15) is 0 Å². The molecule has 1 heterocycles. The van der Waals surface area contributed by atoms with E-state index in [9.17, 15) is 5.11 Å². The summed E-state index contributed by atoms with van der Waals surface area (Å²) in [5, 5.41) is 13.2. The van der Waals surface area contributed by atoms with Gasteiger partial charge in [-0.3, -0.25) is 0 Å². The Labute approximate surface area is 109 Å². The lowest BCUT2D eigenvalue weighted by Crippen LogP contribution is -2.37. The van der Waals surface area contributed by atoms with E-state index >= 15 is 0 Å². The van der Waals surface area contributed by atoms with Crippen molar-refractivity contribution in [2.75, 3.05) is 6.54 Å². The molecule has 1 aromatic heterocycles. The fourth-order valence-corrected chi connectivity index (χ4v) is 3.93. The Morgan fingerprint density at radius 2 is 2.38 bits per heavy atom. The van der Waals surface area contributed by atoms with Crippen molar-refractivity contribution < 1.29 is 5.11 Å². The van der Waals surface area contributed by atoms with Crippen LogP contribution in [0.3, 0.4) is 0 Å². The minimum absolute atomic E-state index is 0.415. The van der Waals surface area contributed by atoms with Crippen molar-refractivity contribution in [3.63, 3.8) is 0 Å². The van der Waals surface area contributed by atoms with E-state index in [0.29, 0.717) is 12.6 Å². The quantitative estimate of drug-likeness (QED) is 0.898. The maximum absolute atomic E-state index is 9.73. The third-order valence-electron chi connectivity index (χ3n) is 2.86. The number of aryl methyl sites for hydroxylation is 1. The summed E-state index contributed by atoms with van der Waals surface area (Å²) < 4.78 is 1.22. The fourth-order valence-electron chi connectivity index (χ4n) is 2.11. The first kappa shape index (κ1) is 12.6. The lowest BCUT2D eigenvalue weighted by molar-refractivity contribution is 0.0756. The monoisotopic (exact) mass is 303 g/mol. The second-order valence-electron chi connectivity index (χ2n) is 5.07. The number of fused-ring (bicyclic) bond motifs is 1. The normalized spacial score (nSPS) is 20.9. The van der Waals surface area contributed by atoms with E-state index in [1.807, 2.05) is 25.2 Å². The van der Waals surface area contributed by atoms with Crippen LogP contribution in [0.2, 0.25) is 0 Å². The van der Waals surface area contributed by atoms with E-state index in [-0.39, 0.29) is 0 Å². The smallest absolute Gasteiger partial charge is 0.0715 e. The van der Waals surface area contributed by atoms with Crippen molar-refractivity contribution in [1.29, 1.82) is 0 Å². The van der Waals surface area contributed by atoms with Crippen LogP contribution in [0.4, 0.5) is 0 Å². The van der Waals surface area contributed by atoms with Crippen LogP contribution in [0.1, 0.15) is 43.2 Å². The van der Waals surface area contributed by atoms with Gasteiger partial charge in [-0.1, -0.05) is 0 Å². The van der Waals surface area contributed by atoms with Crippen LogP contribution >= 0.6 is 27.3 Å². The predicted molar refractivity (Wildman–Crippen MR) is 72.0 cm³/mol. The topological polar surface area (TPSA) is 32.3 Å². The minimum Gasteiger partial charge on any atom is -0.389 e. The Balaban J connectivity index is 2.07. The first-order valence-electron chi connectivity index (χ1n) is 5.69. The number of nitrogens with one attached hydrogen (secondary N) is 1. The molecule has 0 aromatic carbocycles. The number of hydrogen-bond acceptors (Lipinski definition) is 3. The van der Waals surface area contributed by atoms with Gasteiger partial charge in [0.05, 0.1) is 9.39 Å². The molecule has 0 spiro atoms. The maximum Gasteiger partial charge on any atom is 0.0715 e. The summed E-state index contributed by atoms with van der Waals surface area (Å²) in [7, 11) is 0. The zero-order valence-electron chi connectivity index (χ0n) is 9.72. The Morgan fingerprint density at radius 3 is 3.06 bits per heavy atom. The fraction of sp³-hybridized carbons (Fsp3) is 0.667. The molecule has 1 unspecified atom stereocenters. The molecule has 0 amide bonds. The molecule has 2 rings (SSSR count). The molecule has 1 aliphatic carbocycles. The van der Waals surface area contributed by atoms with Gasteiger partial charge in [-0.15, -0.1) is 11.3 Å². The summed E-state index contributed by atoms with van der Waals surface area (Å²) in [6.07, 6.45) is 3.61. The molecule has 4 heteroatoms. The third kappa shape index (κ3) is 3.06. The Hall–Kier alpha value is 0.100. The molecular formula is C12H18BrNOS. The van der Waals surface area contributed by atoms with Crippen LogP contribution in [-0.2, 0) is 6.42 Å². The summed E-state index contributed by atoms with van der Waals surface area (Å²) in [6.45, 7) is 4.32. The maximum atomic E-state index is 9.73. The number of halogens is 1. The lowest BCUT2D eigenvalue weighted by Gasteiger charge is -2.27. The molecule has 16 heavy (non-hydrogen) atoms. The van der Waals surface area contributed by atoms with Gasteiger partial charge in [-0.05, 0) is 60.7 Å². The standard InChI is InChI=1S/C12H18BrNOS/c1-12(2,15)7-14-9-4-3-5-10-8(9)6-11(13)16-10/h6,9,14-15H,3-5,7H2,1-2H3. The van der Waals surface area contributed by atoms with Crippen molar-refractivity contribution in [3.8, 4) is 0 Å². The van der Waals surface area contributed by atoms with Crippen molar-refractivity contribution in [3.05, 3.63) is 20.3 Å². The van der Waals surface area contributed by atoms with Crippen molar-refractivity contribution in [2.24, 2.45) is 0 Å². The summed E-state index contributed by atoms with van der Waals surface area (Å²) in [4.78, 5) is 1.49. The van der Waals surface area contributed by atoms with Gasteiger partial charge in [0, 0.05) is 17.5 Å². The predicted octanol–water partition coefficient (Wildman–Crippen LogP) is 3.25. The average Bonchev–Trinajstić information content (AvgIpc) is 2.54. The molecule has 1 aliphatic rings. The van der Waals surface area contributed by atoms with E-state index in [2.05, 4.69) is 27.3 Å². The lowest BCUT2D eigenvalue weighted by atomic mass is 9.93. The molecule has 0 fully saturated rings. The van der Waals surface area contributed by atoms with Gasteiger partial charge in [-0.25, -0.2) is 0 Å². The highest BCUT2D eigenvalue weighted by molar-refractivity contribution is 9.11. The van der Waals surface area contributed by atoms with E-state index in [1.165, 1.54) is 33.5 Å². The van der Waals surface area contributed by atoms with Gasteiger partial charge in [-0.2, -0.15) is 0 Å². The Bertz CT molecular complexity index is 370. The van der Waals surface area contributed by atoms with Gasteiger partial charge < -0.3 is 10.4 Å². The molecule has 1 atom stereocenters. The molecule has 1 aromatic rings. The van der Waals surface area contributed by atoms with Gasteiger partial charge in [0.15, 0.2) is 0 Å². The molecule has 0 radical (unpaired) electrons. The highest BCUT2D eigenvalue weighted by atomic mass is 79.9. The molecular weight excluding hydrogens is 286 g/mol. The van der Waals surface area contributed by atoms with Crippen LogP contribution in [0.15, 0.2) is 9.85 Å². The zero-order chi connectivity index (χ0) is 11.8. The molecule has 0 saturated heterocycles. The van der Waals surface area contributed by atoms with Gasteiger partial charge in [0.2, 0.25) is 0 Å². The van der Waals surface area contributed by atoms with Crippen LogP contribution in [0.5, 0.6) is 0 Å². The highest BCUT2D eigenvalue weighted by Gasteiger charge is 2.24. The summed E-state index contributed by atoms with van der Waals surface area (Å²) in [5.41, 5.74) is 0.789. The Kier molecular flexibility index (Phi) is 3.74. The first-order valence-corrected chi connectivity index (χ1v) is 7.30. The van der Waals surface area contributed by atoms with E-state index in [4.69, 9.17) is 0 Å². The average molecular weight is 304 g/mol. The second-order valence-corrected chi connectivity index (χ2v) is 7.58.